The lowest BCUT2D eigenvalue weighted by atomic mass is 10.3. The summed E-state index contributed by atoms with van der Waals surface area (Å²) in [4.78, 5) is 26.8. The average molecular weight is 378 g/mol. The molecule has 0 radical (unpaired) electrons. The van der Waals surface area contributed by atoms with Gasteiger partial charge < -0.3 is 14.2 Å². The number of hydrogen-bond donors (Lipinski definition) is 2. The largest absolute Gasteiger partial charge is 0.489 e. The number of hydrogen-bond acceptors (Lipinski definition) is 6. The summed E-state index contributed by atoms with van der Waals surface area (Å²) in [6.45, 7) is 3.66. The molecule has 0 aliphatic carbocycles. The minimum absolute atomic E-state index is 0.124. The van der Waals surface area contributed by atoms with E-state index in [-0.39, 0.29) is 22.8 Å². The van der Waals surface area contributed by atoms with Crippen LogP contribution in [0.4, 0.5) is 15.3 Å². The number of nitrogens with one attached hydrogen (secondary N) is 2. The van der Waals surface area contributed by atoms with E-state index in [1.165, 1.54) is 12.1 Å². The highest BCUT2D eigenvalue weighted by Gasteiger charge is 2.14. The van der Waals surface area contributed by atoms with Crippen LogP contribution in [0.3, 0.4) is 0 Å². The zero-order chi connectivity index (χ0) is 18.3. The summed E-state index contributed by atoms with van der Waals surface area (Å²) in [6.07, 6.45) is -1.80. The van der Waals surface area contributed by atoms with Gasteiger partial charge in [-0.15, -0.1) is 0 Å². The van der Waals surface area contributed by atoms with Gasteiger partial charge in [-0.05, 0) is 19.9 Å². The van der Waals surface area contributed by atoms with Crippen molar-refractivity contribution in [2.24, 2.45) is 4.99 Å². The number of alkyl carbamates (subject to hydrolysis) is 2. The van der Waals surface area contributed by atoms with E-state index < -0.39 is 12.2 Å². The van der Waals surface area contributed by atoms with E-state index in [1.54, 1.807) is 0 Å². The molecule has 0 aromatic heterocycles. The molecule has 1 aromatic rings. The zero-order valence-electron chi connectivity index (χ0n) is 13.5. The first-order valence-electron chi connectivity index (χ1n) is 6.71. The molecular weight excluding hydrogens is 361 g/mol. The second-order valence-corrected chi connectivity index (χ2v) is 5.41. The van der Waals surface area contributed by atoms with Gasteiger partial charge in [0.1, 0.15) is 5.75 Å². The maximum Gasteiger partial charge on any atom is 0.413 e. The number of benzene rings is 1. The van der Waals surface area contributed by atoms with Crippen molar-refractivity contribution in [3.05, 3.63) is 22.2 Å². The van der Waals surface area contributed by atoms with Crippen LogP contribution >= 0.6 is 23.2 Å². The van der Waals surface area contributed by atoms with Crippen LogP contribution in [-0.4, -0.2) is 38.5 Å². The number of nitrogens with zero attached hydrogens (tertiary/aromatic N) is 1. The molecular formula is C14H17Cl2N3O5. The minimum Gasteiger partial charge on any atom is -0.489 e. The number of carbonyl (C=O) groups excluding carboxylic acids is 2. The van der Waals surface area contributed by atoms with Crippen LogP contribution < -0.4 is 15.4 Å². The number of carbonyl (C=O) groups is 2. The van der Waals surface area contributed by atoms with Gasteiger partial charge in [0.15, 0.2) is 0 Å². The Balaban J connectivity index is 3.23. The van der Waals surface area contributed by atoms with E-state index >= 15 is 0 Å². The van der Waals surface area contributed by atoms with Crippen molar-refractivity contribution in [2.45, 2.75) is 20.0 Å². The monoisotopic (exact) mass is 377 g/mol. The number of halogens is 2. The van der Waals surface area contributed by atoms with Gasteiger partial charge in [0.25, 0.3) is 0 Å². The fourth-order valence-electron chi connectivity index (χ4n) is 1.45. The van der Waals surface area contributed by atoms with Gasteiger partial charge in [-0.1, -0.05) is 23.2 Å². The first-order valence-corrected chi connectivity index (χ1v) is 7.46. The summed E-state index contributed by atoms with van der Waals surface area (Å²) in [5.41, 5.74) is 0.208. The number of amides is 2. The maximum atomic E-state index is 11.3. The van der Waals surface area contributed by atoms with Crippen molar-refractivity contribution < 1.29 is 23.8 Å². The molecule has 2 amide bonds. The lowest BCUT2D eigenvalue weighted by Gasteiger charge is -2.13. The van der Waals surface area contributed by atoms with Gasteiger partial charge in [-0.3, -0.25) is 10.6 Å². The average Bonchev–Trinajstić information content (AvgIpc) is 2.51. The van der Waals surface area contributed by atoms with Gasteiger partial charge in [0, 0.05) is 6.07 Å². The van der Waals surface area contributed by atoms with Crippen molar-refractivity contribution >= 4 is 47.0 Å². The van der Waals surface area contributed by atoms with E-state index in [4.69, 9.17) is 27.9 Å². The smallest absolute Gasteiger partial charge is 0.413 e. The molecule has 0 aliphatic rings. The molecule has 0 aliphatic heterocycles. The molecule has 2 N–H and O–H groups in total. The van der Waals surface area contributed by atoms with Crippen LogP contribution in [0.15, 0.2) is 17.1 Å². The molecule has 1 rings (SSSR count). The normalized spacial score (nSPS) is 9.96. The molecule has 0 heterocycles. The lowest BCUT2D eigenvalue weighted by molar-refractivity contribution is 0.173. The predicted octanol–water partition coefficient (Wildman–Crippen LogP) is 3.48. The summed E-state index contributed by atoms with van der Waals surface area (Å²) in [5, 5.41) is 4.94. The number of guanidine groups is 1. The molecule has 0 saturated carbocycles. The van der Waals surface area contributed by atoms with Crippen LogP contribution in [0.2, 0.25) is 10.0 Å². The van der Waals surface area contributed by atoms with E-state index in [0.717, 1.165) is 14.2 Å². The number of ether oxygens (including phenoxy) is 3. The second kappa shape index (κ2) is 9.19. The summed E-state index contributed by atoms with van der Waals surface area (Å²) in [7, 11) is 2.32. The molecule has 0 fully saturated rings. The van der Waals surface area contributed by atoms with Gasteiger partial charge in [0.2, 0.25) is 5.96 Å². The Labute approximate surface area is 149 Å². The Hall–Kier alpha value is -2.19. The van der Waals surface area contributed by atoms with Gasteiger partial charge in [-0.25, -0.2) is 14.6 Å². The summed E-state index contributed by atoms with van der Waals surface area (Å²) >= 11 is 12.1. The lowest BCUT2D eigenvalue weighted by Crippen LogP contribution is -2.43. The minimum atomic E-state index is -0.839. The SMILES string of the molecule is COC(=O)NC(=Nc1cc(OC(C)C)c(Cl)cc1Cl)NC(=O)OC. The Morgan fingerprint density at radius 1 is 1.04 bits per heavy atom. The van der Waals surface area contributed by atoms with Crippen LogP contribution in [0.25, 0.3) is 0 Å². The predicted molar refractivity (Wildman–Crippen MR) is 90.4 cm³/mol. The zero-order valence-corrected chi connectivity index (χ0v) is 15.0. The fourth-order valence-corrected chi connectivity index (χ4v) is 1.92. The Bertz CT molecular complexity index is 630. The van der Waals surface area contributed by atoms with E-state index in [1.807, 2.05) is 13.8 Å². The van der Waals surface area contributed by atoms with Crippen LogP contribution in [-0.2, 0) is 9.47 Å². The van der Waals surface area contributed by atoms with Gasteiger partial charge in [0.05, 0.1) is 36.1 Å². The van der Waals surface area contributed by atoms with Crippen molar-refractivity contribution in [1.82, 2.24) is 10.6 Å². The first-order chi connectivity index (χ1) is 11.3. The maximum absolute atomic E-state index is 11.3. The third-order valence-corrected chi connectivity index (χ3v) is 3.01. The van der Waals surface area contributed by atoms with Crippen molar-refractivity contribution in [3.63, 3.8) is 0 Å². The standard InChI is InChI=1S/C14H17Cl2N3O5/c1-7(2)24-11-6-10(8(15)5-9(11)16)17-12(18-13(20)22-3)19-14(21)23-4/h5-7H,1-4H3,(H2,17,18,19,20,21). The highest BCUT2D eigenvalue weighted by Crippen LogP contribution is 2.36. The Kier molecular flexibility index (Phi) is 7.60. The van der Waals surface area contributed by atoms with Gasteiger partial charge >= 0.3 is 12.2 Å². The van der Waals surface area contributed by atoms with Crippen molar-refractivity contribution in [2.75, 3.05) is 14.2 Å². The highest BCUT2D eigenvalue weighted by molar-refractivity contribution is 6.37. The van der Waals surface area contributed by atoms with Crippen LogP contribution in [0.5, 0.6) is 5.75 Å². The molecule has 8 nitrogen and oxygen atoms in total. The van der Waals surface area contributed by atoms with Gasteiger partial charge in [-0.2, -0.15) is 0 Å². The summed E-state index contributed by atoms with van der Waals surface area (Å²) in [5.74, 6) is 0.110. The highest BCUT2D eigenvalue weighted by atomic mass is 35.5. The molecule has 1 aromatic carbocycles. The number of aliphatic imine (C=N–C) groups is 1. The van der Waals surface area contributed by atoms with Crippen LogP contribution in [0.1, 0.15) is 13.8 Å². The molecule has 0 bridgehead atoms. The second-order valence-electron chi connectivity index (χ2n) is 4.59. The summed E-state index contributed by atoms with van der Waals surface area (Å²) in [6, 6.07) is 2.91. The third kappa shape index (κ3) is 6.13. The number of rotatable bonds is 3. The van der Waals surface area contributed by atoms with E-state index in [0.29, 0.717) is 10.8 Å². The van der Waals surface area contributed by atoms with Crippen molar-refractivity contribution in [3.8, 4) is 5.75 Å². The molecule has 0 atom stereocenters. The topological polar surface area (TPSA) is 98.3 Å². The van der Waals surface area contributed by atoms with E-state index in [9.17, 15) is 9.59 Å². The fraction of sp³-hybridized carbons (Fsp3) is 0.357. The molecule has 24 heavy (non-hydrogen) atoms. The van der Waals surface area contributed by atoms with Crippen molar-refractivity contribution in [1.29, 1.82) is 0 Å². The third-order valence-electron chi connectivity index (χ3n) is 2.41. The quantitative estimate of drug-likeness (QED) is 0.620. The molecule has 0 saturated heterocycles. The number of methoxy groups -OCH3 is 2. The first kappa shape index (κ1) is 19.9. The molecule has 132 valence electrons. The molecule has 0 unspecified atom stereocenters. The van der Waals surface area contributed by atoms with E-state index in [2.05, 4.69) is 25.1 Å². The Morgan fingerprint density at radius 3 is 2.04 bits per heavy atom. The molecule has 10 heteroatoms. The summed E-state index contributed by atoms with van der Waals surface area (Å²) < 4.78 is 14.5. The van der Waals surface area contributed by atoms with Crippen LogP contribution in [0, 0.1) is 0 Å². The Morgan fingerprint density at radius 2 is 1.58 bits per heavy atom. The molecule has 0 spiro atoms.